The van der Waals surface area contributed by atoms with Crippen molar-refractivity contribution >= 4 is 10.9 Å². The third-order valence-corrected chi connectivity index (χ3v) is 2.49. The van der Waals surface area contributed by atoms with Crippen LogP contribution in [0.1, 0.15) is 19.3 Å². The average Bonchev–Trinajstić information content (AvgIpc) is 2.34. The van der Waals surface area contributed by atoms with Crippen molar-refractivity contribution < 1.29 is 4.74 Å². The van der Waals surface area contributed by atoms with Crippen molar-refractivity contribution in [1.29, 1.82) is 0 Å². The molecule has 1 aromatic heterocycles. The Balaban J connectivity index is 2.02. The van der Waals surface area contributed by atoms with Crippen molar-refractivity contribution in [3.05, 3.63) is 43.5 Å². The summed E-state index contributed by atoms with van der Waals surface area (Å²) in [7, 11) is 0. The maximum atomic E-state index is 5.66. The van der Waals surface area contributed by atoms with E-state index in [0.29, 0.717) is 0 Å². The summed E-state index contributed by atoms with van der Waals surface area (Å²) in [5, 5.41) is 1.12. The van der Waals surface area contributed by atoms with Crippen LogP contribution in [0, 0.1) is 6.92 Å². The van der Waals surface area contributed by atoms with E-state index < -0.39 is 0 Å². The van der Waals surface area contributed by atoms with E-state index in [0.717, 1.165) is 42.5 Å². The molecule has 0 saturated carbocycles. The van der Waals surface area contributed by atoms with Crippen LogP contribution in [-0.2, 0) is 0 Å². The normalized spacial score (nSPS) is 10.6. The van der Waals surface area contributed by atoms with Gasteiger partial charge in [0.05, 0.1) is 12.1 Å². The molecule has 0 atom stereocenters. The first-order valence-corrected chi connectivity index (χ1v) is 5.67. The molecule has 1 radical (unpaired) electrons. The predicted octanol–water partition coefficient (Wildman–Crippen LogP) is 3.62. The zero-order valence-electron chi connectivity index (χ0n) is 9.36. The Labute approximate surface area is 96.3 Å². The number of aromatic nitrogens is 1. The van der Waals surface area contributed by atoms with Gasteiger partial charge in [-0.25, -0.2) is 0 Å². The van der Waals surface area contributed by atoms with Crippen LogP contribution >= 0.6 is 0 Å². The smallest absolute Gasteiger partial charge is 0.120 e. The second kappa shape index (κ2) is 5.50. The van der Waals surface area contributed by atoms with E-state index in [-0.39, 0.29) is 0 Å². The molecule has 0 saturated heterocycles. The molecule has 2 aromatic rings. The van der Waals surface area contributed by atoms with E-state index in [4.69, 9.17) is 4.74 Å². The lowest BCUT2D eigenvalue weighted by molar-refractivity contribution is 0.307. The van der Waals surface area contributed by atoms with Gasteiger partial charge in [0, 0.05) is 11.6 Å². The Morgan fingerprint density at radius 3 is 3.00 bits per heavy atom. The number of nitrogens with zero attached hydrogens (tertiary/aromatic N) is 1. The number of fused-ring (bicyclic) bond motifs is 1. The van der Waals surface area contributed by atoms with Crippen LogP contribution in [0.2, 0.25) is 0 Å². The molecule has 2 heteroatoms. The molecule has 0 bridgehead atoms. The van der Waals surface area contributed by atoms with Gasteiger partial charge in [-0.05, 0) is 30.7 Å². The van der Waals surface area contributed by atoms with Gasteiger partial charge in [-0.15, -0.1) is 0 Å². The third-order valence-electron chi connectivity index (χ3n) is 2.49. The summed E-state index contributed by atoms with van der Waals surface area (Å²) in [6.07, 6.45) is 4.96. The predicted molar refractivity (Wildman–Crippen MR) is 66.4 cm³/mol. The van der Waals surface area contributed by atoms with Gasteiger partial charge in [-0.1, -0.05) is 25.8 Å². The first-order valence-electron chi connectivity index (χ1n) is 5.67. The minimum atomic E-state index is 0.765. The molecule has 0 spiro atoms. The summed E-state index contributed by atoms with van der Waals surface area (Å²) in [6.45, 7) is 4.57. The topological polar surface area (TPSA) is 22.1 Å². The molecular formula is C14H16NO. The number of hydrogen-bond acceptors (Lipinski definition) is 2. The lowest BCUT2D eigenvalue weighted by atomic mass is 10.2. The van der Waals surface area contributed by atoms with E-state index in [1.54, 1.807) is 6.20 Å². The quantitative estimate of drug-likeness (QED) is 0.709. The zero-order chi connectivity index (χ0) is 11.2. The number of benzene rings is 1. The number of pyridine rings is 1. The molecule has 83 valence electrons. The van der Waals surface area contributed by atoms with Gasteiger partial charge in [0.1, 0.15) is 5.75 Å². The van der Waals surface area contributed by atoms with Crippen molar-refractivity contribution in [3.8, 4) is 5.75 Å². The second-order valence-corrected chi connectivity index (χ2v) is 3.77. The summed E-state index contributed by atoms with van der Waals surface area (Å²) in [4.78, 5) is 4.27. The van der Waals surface area contributed by atoms with Gasteiger partial charge in [0.2, 0.25) is 0 Å². The second-order valence-electron chi connectivity index (χ2n) is 3.77. The van der Waals surface area contributed by atoms with Crippen LogP contribution < -0.4 is 4.74 Å². The monoisotopic (exact) mass is 214 g/mol. The zero-order valence-corrected chi connectivity index (χ0v) is 9.36. The fourth-order valence-electron chi connectivity index (χ4n) is 1.61. The first kappa shape index (κ1) is 10.9. The average molecular weight is 214 g/mol. The Morgan fingerprint density at radius 1 is 1.19 bits per heavy atom. The number of ether oxygens (including phenoxy) is 1. The highest BCUT2D eigenvalue weighted by Gasteiger charge is 1.97. The van der Waals surface area contributed by atoms with E-state index in [1.165, 1.54) is 0 Å². The molecule has 0 unspecified atom stereocenters. The molecule has 2 rings (SSSR count). The van der Waals surface area contributed by atoms with Crippen molar-refractivity contribution in [2.24, 2.45) is 0 Å². The van der Waals surface area contributed by atoms with Crippen LogP contribution in [0.4, 0.5) is 0 Å². The summed E-state index contributed by atoms with van der Waals surface area (Å²) < 4.78 is 5.66. The molecular weight excluding hydrogens is 198 g/mol. The van der Waals surface area contributed by atoms with Crippen LogP contribution in [0.5, 0.6) is 5.75 Å². The Kier molecular flexibility index (Phi) is 3.76. The van der Waals surface area contributed by atoms with E-state index >= 15 is 0 Å². The highest BCUT2D eigenvalue weighted by molar-refractivity contribution is 5.79. The Hall–Kier alpha value is -1.57. The van der Waals surface area contributed by atoms with Crippen molar-refractivity contribution in [2.45, 2.75) is 19.3 Å². The molecule has 0 N–H and O–H groups in total. The van der Waals surface area contributed by atoms with Crippen molar-refractivity contribution in [1.82, 2.24) is 4.98 Å². The molecule has 0 aliphatic rings. The molecule has 1 aromatic carbocycles. The summed E-state index contributed by atoms with van der Waals surface area (Å²) >= 11 is 0. The molecule has 1 heterocycles. The molecule has 0 fully saturated rings. The maximum Gasteiger partial charge on any atom is 0.120 e. The number of rotatable bonds is 5. The summed E-state index contributed by atoms with van der Waals surface area (Å²) in [5.74, 6) is 0.921. The van der Waals surface area contributed by atoms with Gasteiger partial charge in [0.15, 0.2) is 0 Å². The highest BCUT2D eigenvalue weighted by atomic mass is 16.5. The van der Waals surface area contributed by atoms with Gasteiger partial charge >= 0.3 is 0 Å². The van der Waals surface area contributed by atoms with Crippen molar-refractivity contribution in [2.75, 3.05) is 6.61 Å². The van der Waals surface area contributed by atoms with Crippen LogP contribution in [0.25, 0.3) is 10.9 Å². The van der Waals surface area contributed by atoms with E-state index in [2.05, 4.69) is 11.9 Å². The maximum absolute atomic E-state index is 5.66. The summed E-state index contributed by atoms with van der Waals surface area (Å²) in [6, 6.07) is 9.98. The fraction of sp³-hybridized carbons (Fsp3) is 0.286. The molecule has 0 amide bonds. The molecule has 16 heavy (non-hydrogen) atoms. The SMILES string of the molecule is [CH2]CCCCOc1ccc2ncccc2c1. The lowest BCUT2D eigenvalue weighted by Gasteiger charge is -2.06. The molecule has 2 nitrogen and oxygen atoms in total. The van der Waals surface area contributed by atoms with E-state index in [9.17, 15) is 0 Å². The lowest BCUT2D eigenvalue weighted by Crippen LogP contribution is -1.96. The molecule has 0 aliphatic carbocycles. The van der Waals surface area contributed by atoms with Crippen LogP contribution in [0.15, 0.2) is 36.5 Å². The number of unbranched alkanes of at least 4 members (excludes halogenated alkanes) is 2. The summed E-state index contributed by atoms with van der Waals surface area (Å²) in [5.41, 5.74) is 1.01. The van der Waals surface area contributed by atoms with Gasteiger partial charge in [0.25, 0.3) is 0 Å². The largest absolute Gasteiger partial charge is 0.494 e. The van der Waals surface area contributed by atoms with Crippen LogP contribution in [0.3, 0.4) is 0 Å². The van der Waals surface area contributed by atoms with Gasteiger partial charge < -0.3 is 4.74 Å². The minimum Gasteiger partial charge on any atom is -0.494 e. The highest BCUT2D eigenvalue weighted by Crippen LogP contribution is 2.19. The molecule has 0 aliphatic heterocycles. The van der Waals surface area contributed by atoms with Gasteiger partial charge in [-0.2, -0.15) is 0 Å². The van der Waals surface area contributed by atoms with E-state index in [1.807, 2.05) is 30.3 Å². The first-order chi connectivity index (χ1) is 7.90. The number of hydrogen-bond donors (Lipinski definition) is 0. The van der Waals surface area contributed by atoms with Crippen LogP contribution in [-0.4, -0.2) is 11.6 Å². The Bertz CT molecular complexity index is 453. The minimum absolute atomic E-state index is 0.765. The van der Waals surface area contributed by atoms with Gasteiger partial charge in [-0.3, -0.25) is 4.98 Å². The Morgan fingerprint density at radius 2 is 2.12 bits per heavy atom. The third kappa shape index (κ3) is 2.72. The fourth-order valence-corrected chi connectivity index (χ4v) is 1.61. The van der Waals surface area contributed by atoms with Crippen molar-refractivity contribution in [3.63, 3.8) is 0 Å². The standard InChI is InChI=1S/C14H16NO/c1-2-3-4-10-16-13-7-8-14-12(11-13)6-5-9-15-14/h5-9,11H,1-4,10H2.